The minimum atomic E-state index is 0.246. The third-order valence-corrected chi connectivity index (χ3v) is 4.14. The van der Waals surface area contributed by atoms with Crippen LogP contribution in [0.3, 0.4) is 0 Å². The van der Waals surface area contributed by atoms with Gasteiger partial charge in [0, 0.05) is 17.8 Å². The average molecular weight is 255 g/mol. The summed E-state index contributed by atoms with van der Waals surface area (Å²) in [4.78, 5) is 12.5. The van der Waals surface area contributed by atoms with Gasteiger partial charge >= 0.3 is 0 Å². The van der Waals surface area contributed by atoms with E-state index < -0.39 is 0 Å². The zero-order valence-corrected chi connectivity index (χ0v) is 11.4. The smallest absolute Gasteiger partial charge is 0.188 e. The van der Waals surface area contributed by atoms with Gasteiger partial charge in [0.05, 0.1) is 0 Å². The first kappa shape index (κ1) is 12.5. The molecular formula is C17H21NO. The van der Waals surface area contributed by atoms with E-state index in [2.05, 4.69) is 23.5 Å². The molecule has 1 aromatic carbocycles. The number of aryl methyl sites for hydroxylation is 1. The minimum Gasteiger partial charge on any atom is -0.385 e. The number of anilines is 1. The number of ketones is 1. The third kappa shape index (κ3) is 2.73. The molecule has 0 bridgehead atoms. The molecule has 1 aliphatic heterocycles. The van der Waals surface area contributed by atoms with Gasteiger partial charge < -0.3 is 5.32 Å². The lowest BCUT2D eigenvalue weighted by Crippen LogP contribution is -2.13. The Labute approximate surface area is 114 Å². The van der Waals surface area contributed by atoms with Crippen LogP contribution in [0.5, 0.6) is 0 Å². The van der Waals surface area contributed by atoms with Crippen molar-refractivity contribution >= 4 is 11.5 Å². The number of Topliss-reactive ketones (excluding diaryl/α,β-unsaturated/α-hetero) is 1. The normalized spacial score (nSPS) is 18.8. The van der Waals surface area contributed by atoms with E-state index in [9.17, 15) is 4.79 Å². The number of rotatable bonds is 2. The molecule has 1 aromatic rings. The molecule has 0 saturated heterocycles. The van der Waals surface area contributed by atoms with Crippen molar-refractivity contribution in [1.82, 2.24) is 0 Å². The Morgan fingerprint density at radius 2 is 2.00 bits per heavy atom. The van der Waals surface area contributed by atoms with Gasteiger partial charge in [-0.15, -0.1) is 0 Å². The number of hydrogen-bond acceptors (Lipinski definition) is 2. The van der Waals surface area contributed by atoms with Crippen molar-refractivity contribution in [2.45, 2.75) is 44.9 Å². The van der Waals surface area contributed by atoms with Crippen LogP contribution < -0.4 is 5.32 Å². The zero-order chi connectivity index (χ0) is 13.1. The van der Waals surface area contributed by atoms with Crippen LogP contribution in [0.1, 0.15) is 54.4 Å². The zero-order valence-electron chi connectivity index (χ0n) is 11.4. The molecule has 100 valence electrons. The van der Waals surface area contributed by atoms with E-state index in [4.69, 9.17) is 0 Å². The topological polar surface area (TPSA) is 29.1 Å². The number of carbonyl (C=O) groups is 1. The monoisotopic (exact) mass is 255 g/mol. The van der Waals surface area contributed by atoms with Gasteiger partial charge in [0.1, 0.15) is 0 Å². The number of fused-ring (bicyclic) bond motifs is 1. The first-order valence-electron chi connectivity index (χ1n) is 7.45. The Bertz CT molecular complexity index is 516. The Hall–Kier alpha value is -1.57. The highest BCUT2D eigenvalue weighted by molar-refractivity contribution is 6.09. The molecule has 2 heteroatoms. The van der Waals surface area contributed by atoms with Crippen LogP contribution in [0.15, 0.2) is 29.8 Å². The number of carbonyl (C=O) groups excluding carboxylic acids is 1. The van der Waals surface area contributed by atoms with Crippen molar-refractivity contribution in [2.24, 2.45) is 0 Å². The quantitative estimate of drug-likeness (QED) is 0.805. The van der Waals surface area contributed by atoms with Gasteiger partial charge in [-0.05, 0) is 67.9 Å². The lowest BCUT2D eigenvalue weighted by Gasteiger charge is -2.18. The SMILES string of the molecule is O=C(C1=CCCCCC1)c1ccc2c(c1)CCCN2. The van der Waals surface area contributed by atoms with Crippen LogP contribution in [0.2, 0.25) is 0 Å². The summed E-state index contributed by atoms with van der Waals surface area (Å²) in [7, 11) is 0. The van der Waals surface area contributed by atoms with E-state index >= 15 is 0 Å². The summed E-state index contributed by atoms with van der Waals surface area (Å²) in [6.45, 7) is 1.05. The van der Waals surface area contributed by atoms with Gasteiger partial charge in [0.15, 0.2) is 5.78 Å². The highest BCUT2D eigenvalue weighted by Crippen LogP contribution is 2.26. The van der Waals surface area contributed by atoms with Crippen LogP contribution in [0.25, 0.3) is 0 Å². The number of nitrogens with one attached hydrogen (secondary N) is 1. The molecule has 19 heavy (non-hydrogen) atoms. The summed E-state index contributed by atoms with van der Waals surface area (Å²) in [5, 5.41) is 3.39. The number of hydrogen-bond donors (Lipinski definition) is 1. The van der Waals surface area contributed by atoms with Crippen LogP contribution in [-0.4, -0.2) is 12.3 Å². The Balaban J connectivity index is 1.85. The van der Waals surface area contributed by atoms with E-state index in [-0.39, 0.29) is 5.78 Å². The van der Waals surface area contributed by atoms with Crippen molar-refractivity contribution in [3.8, 4) is 0 Å². The second-order valence-corrected chi connectivity index (χ2v) is 5.56. The van der Waals surface area contributed by atoms with Crippen LogP contribution in [-0.2, 0) is 6.42 Å². The molecule has 0 unspecified atom stereocenters. The third-order valence-electron chi connectivity index (χ3n) is 4.14. The molecule has 3 rings (SSSR count). The van der Waals surface area contributed by atoms with Gasteiger partial charge in [0.25, 0.3) is 0 Å². The van der Waals surface area contributed by atoms with Crippen molar-refractivity contribution in [1.29, 1.82) is 0 Å². The molecule has 0 radical (unpaired) electrons. The Morgan fingerprint density at radius 1 is 1.05 bits per heavy atom. The van der Waals surface area contributed by atoms with Crippen molar-refractivity contribution in [3.63, 3.8) is 0 Å². The Kier molecular flexibility index (Phi) is 3.67. The summed E-state index contributed by atoms with van der Waals surface area (Å²) in [5.74, 6) is 0.246. The molecule has 2 aliphatic rings. The molecule has 1 N–H and O–H groups in total. The van der Waals surface area contributed by atoms with Gasteiger partial charge in [0.2, 0.25) is 0 Å². The second kappa shape index (κ2) is 5.60. The minimum absolute atomic E-state index is 0.246. The van der Waals surface area contributed by atoms with E-state index in [1.54, 1.807) is 0 Å². The van der Waals surface area contributed by atoms with E-state index in [1.165, 1.54) is 24.1 Å². The highest BCUT2D eigenvalue weighted by atomic mass is 16.1. The fraction of sp³-hybridized carbons (Fsp3) is 0.471. The lowest BCUT2D eigenvalue weighted by molar-refractivity contribution is 0.103. The molecule has 2 nitrogen and oxygen atoms in total. The second-order valence-electron chi connectivity index (χ2n) is 5.56. The fourth-order valence-electron chi connectivity index (χ4n) is 3.02. The van der Waals surface area contributed by atoms with E-state index in [0.29, 0.717) is 0 Å². The van der Waals surface area contributed by atoms with Crippen molar-refractivity contribution < 1.29 is 4.79 Å². The maximum absolute atomic E-state index is 12.5. The van der Waals surface area contributed by atoms with Gasteiger partial charge in [-0.3, -0.25) is 4.79 Å². The molecule has 0 atom stereocenters. The fourth-order valence-corrected chi connectivity index (χ4v) is 3.02. The summed E-state index contributed by atoms with van der Waals surface area (Å²) in [5.41, 5.74) is 4.40. The molecule has 1 heterocycles. The van der Waals surface area contributed by atoms with Gasteiger partial charge in [-0.2, -0.15) is 0 Å². The Morgan fingerprint density at radius 3 is 2.95 bits per heavy atom. The average Bonchev–Trinajstić information content (AvgIpc) is 2.75. The van der Waals surface area contributed by atoms with Crippen molar-refractivity contribution in [2.75, 3.05) is 11.9 Å². The first-order chi connectivity index (χ1) is 9.34. The summed E-state index contributed by atoms with van der Waals surface area (Å²) >= 11 is 0. The maximum Gasteiger partial charge on any atom is 0.188 e. The predicted octanol–water partition coefficient (Wildman–Crippen LogP) is 4.12. The van der Waals surface area contributed by atoms with Crippen molar-refractivity contribution in [3.05, 3.63) is 41.0 Å². The summed E-state index contributed by atoms with van der Waals surface area (Å²) in [6, 6.07) is 6.14. The molecule has 0 fully saturated rings. The molecule has 0 saturated carbocycles. The predicted molar refractivity (Wildman–Crippen MR) is 78.8 cm³/mol. The highest BCUT2D eigenvalue weighted by Gasteiger charge is 2.16. The first-order valence-corrected chi connectivity index (χ1v) is 7.45. The van der Waals surface area contributed by atoms with Crippen LogP contribution in [0, 0.1) is 0 Å². The van der Waals surface area contributed by atoms with E-state index in [0.717, 1.165) is 49.8 Å². The summed E-state index contributed by atoms with van der Waals surface area (Å²) < 4.78 is 0. The molecule has 0 spiro atoms. The van der Waals surface area contributed by atoms with Crippen LogP contribution >= 0.6 is 0 Å². The standard InChI is InChI=1S/C17H21NO/c19-17(13-6-3-1-2-4-7-13)15-9-10-16-14(12-15)8-5-11-18-16/h6,9-10,12,18H,1-5,7-8,11H2. The van der Waals surface area contributed by atoms with Gasteiger partial charge in [-0.25, -0.2) is 0 Å². The van der Waals surface area contributed by atoms with Crippen LogP contribution in [0.4, 0.5) is 5.69 Å². The number of benzene rings is 1. The molecule has 0 aromatic heterocycles. The molecular weight excluding hydrogens is 234 g/mol. The lowest BCUT2D eigenvalue weighted by atomic mass is 9.95. The molecule has 0 amide bonds. The maximum atomic E-state index is 12.5. The number of allylic oxidation sites excluding steroid dienone is 2. The summed E-state index contributed by atoms with van der Waals surface area (Å²) in [6.07, 6.45) is 10.1. The largest absolute Gasteiger partial charge is 0.385 e. The van der Waals surface area contributed by atoms with E-state index in [1.807, 2.05) is 6.07 Å². The van der Waals surface area contributed by atoms with Gasteiger partial charge in [-0.1, -0.05) is 12.5 Å². The molecule has 1 aliphatic carbocycles.